The van der Waals surface area contributed by atoms with Crippen molar-refractivity contribution in [1.82, 2.24) is 59.5 Å². The molecule has 632 valence electrons. The number of aromatic nitrogens is 8. The summed E-state index contributed by atoms with van der Waals surface area (Å²) < 4.78 is 3.09. The maximum Gasteiger partial charge on any atom is 0.255 e. The lowest BCUT2D eigenvalue weighted by atomic mass is 10.2. The van der Waals surface area contributed by atoms with Crippen molar-refractivity contribution < 1.29 is 28.8 Å². The summed E-state index contributed by atoms with van der Waals surface area (Å²) in [6, 6.07) is 62.5. The molecule has 10 N–H and O–H groups in total. The Morgan fingerprint density at radius 1 is 0.400 bits per heavy atom. The van der Waals surface area contributed by atoms with E-state index in [4.69, 9.17) is 24.9 Å². The van der Waals surface area contributed by atoms with Gasteiger partial charge in [-0.05, 0) is 235 Å². The molecule has 6 amide bonds. The number of hydrogen-bond donors (Lipinski definition) is 10. The molecule has 9 heterocycles. The van der Waals surface area contributed by atoms with Crippen molar-refractivity contribution in [2.24, 2.45) is 0 Å². The molecule has 0 radical (unpaired) electrons. The van der Waals surface area contributed by atoms with Crippen LogP contribution in [0.5, 0.6) is 0 Å². The number of piperazine rings is 1. The third kappa shape index (κ3) is 24.2. The number of amides is 6. The normalized spacial score (nSPS) is 12.2. The van der Waals surface area contributed by atoms with Crippen LogP contribution in [-0.2, 0) is 14.4 Å². The number of likely N-dealkylation sites (N-methyl/N-ethyl adjacent to an activating group) is 4. The number of carbonyl (C=O) groups is 6. The second kappa shape index (κ2) is 41.8. The number of aromatic amines is 1. The summed E-state index contributed by atoms with van der Waals surface area (Å²) in [4.78, 5) is 122. The number of carbonyl (C=O) groups excluding carboxylic acids is 6. The van der Waals surface area contributed by atoms with Crippen LogP contribution in [-0.4, -0.2) is 190 Å². The highest BCUT2D eigenvalue weighted by atomic mass is 32.1. The Kier molecular flexibility index (Phi) is 29.0. The van der Waals surface area contributed by atoms with Crippen molar-refractivity contribution in [3.05, 3.63) is 288 Å². The highest BCUT2D eigenvalue weighted by Gasteiger charge is 2.23. The van der Waals surface area contributed by atoms with Gasteiger partial charge in [0, 0.05) is 161 Å². The van der Waals surface area contributed by atoms with Crippen molar-refractivity contribution >= 4 is 186 Å². The van der Waals surface area contributed by atoms with Crippen LogP contribution in [0.3, 0.4) is 0 Å². The Bertz CT molecular complexity index is 6370. The minimum absolute atomic E-state index is 0.216. The number of H-pyrrole nitrogens is 1. The molecule has 16 rings (SSSR count). The fourth-order valence-corrected chi connectivity index (χ4v) is 15.6. The lowest BCUT2D eigenvalue weighted by Crippen LogP contribution is -2.46. The zero-order valence-corrected chi connectivity index (χ0v) is 72.1. The molecule has 0 aliphatic carbocycles. The van der Waals surface area contributed by atoms with Gasteiger partial charge in [0.05, 0.1) is 42.0 Å². The molecular formula is C94H92N22O6S3. The largest absolute Gasteiger partial charge is 0.353 e. The molecule has 125 heavy (non-hydrogen) atoms. The van der Waals surface area contributed by atoms with Crippen molar-refractivity contribution in [3.63, 3.8) is 0 Å². The molecule has 1 aliphatic heterocycles. The lowest BCUT2D eigenvalue weighted by molar-refractivity contribution is -0.112. The van der Waals surface area contributed by atoms with Gasteiger partial charge in [0.25, 0.3) is 17.7 Å². The van der Waals surface area contributed by atoms with E-state index in [-0.39, 0.29) is 35.4 Å². The fraction of sp³-hybridized carbons (Fsp3) is 0.160. The summed E-state index contributed by atoms with van der Waals surface area (Å²) in [5, 5.41) is 34.2. The number of para-hydroxylation sites is 1. The van der Waals surface area contributed by atoms with Crippen molar-refractivity contribution in [2.75, 3.05) is 147 Å². The Morgan fingerprint density at radius 3 is 1.22 bits per heavy atom. The summed E-state index contributed by atoms with van der Waals surface area (Å²) in [6.45, 7) is 9.18. The number of benzene rings is 7. The molecule has 31 heteroatoms. The van der Waals surface area contributed by atoms with Crippen LogP contribution in [0.15, 0.2) is 271 Å². The summed E-state index contributed by atoms with van der Waals surface area (Å²) in [5.74, 6) is 0.936. The summed E-state index contributed by atoms with van der Waals surface area (Å²) in [5.41, 5.74) is 14.5. The molecule has 1 saturated heterocycles. The maximum absolute atomic E-state index is 13.0. The van der Waals surface area contributed by atoms with Crippen molar-refractivity contribution in [3.8, 4) is 22.6 Å². The summed E-state index contributed by atoms with van der Waals surface area (Å²) in [7, 11) is 11.6. The second-order valence-electron chi connectivity index (χ2n) is 29.7. The zero-order valence-electron chi connectivity index (χ0n) is 69.7. The van der Waals surface area contributed by atoms with E-state index >= 15 is 0 Å². The van der Waals surface area contributed by atoms with E-state index in [1.807, 2.05) is 189 Å². The lowest BCUT2D eigenvalue weighted by Gasteiger charge is -2.35. The molecule has 8 aromatic heterocycles. The first kappa shape index (κ1) is 86.8. The van der Waals surface area contributed by atoms with Gasteiger partial charge in [-0.3, -0.25) is 33.8 Å². The van der Waals surface area contributed by atoms with Gasteiger partial charge in [-0.2, -0.15) is 4.98 Å². The van der Waals surface area contributed by atoms with Crippen LogP contribution in [0.25, 0.3) is 64.2 Å². The van der Waals surface area contributed by atoms with Gasteiger partial charge < -0.3 is 77.3 Å². The number of thiophene rings is 3. The number of anilines is 13. The number of nitrogens with one attached hydrogen (secondary N) is 10. The van der Waals surface area contributed by atoms with E-state index in [1.165, 1.54) is 18.2 Å². The van der Waals surface area contributed by atoms with Gasteiger partial charge in [-0.1, -0.05) is 61.5 Å². The first-order valence-corrected chi connectivity index (χ1v) is 42.8. The van der Waals surface area contributed by atoms with Gasteiger partial charge in [0.1, 0.15) is 5.69 Å². The van der Waals surface area contributed by atoms with Crippen LogP contribution >= 0.6 is 34.0 Å². The van der Waals surface area contributed by atoms with Gasteiger partial charge in [0.2, 0.25) is 35.6 Å². The Labute approximate surface area is 734 Å². The van der Waals surface area contributed by atoms with Crippen LogP contribution in [0, 0.1) is 0 Å². The van der Waals surface area contributed by atoms with E-state index in [0.717, 1.165) is 120 Å². The van der Waals surface area contributed by atoms with Gasteiger partial charge in [0.15, 0.2) is 5.82 Å². The highest BCUT2D eigenvalue weighted by molar-refractivity contribution is 7.18. The average Bonchev–Trinajstić information content (AvgIpc) is 1.66. The number of fused-ring (bicyclic) bond motifs is 4. The number of nitrogens with zero attached hydrogens (tertiary/aromatic N) is 12. The number of hydrogen-bond acceptors (Lipinski definition) is 24. The minimum atomic E-state index is -0.268. The van der Waals surface area contributed by atoms with E-state index in [2.05, 4.69) is 97.0 Å². The molecule has 15 aromatic rings. The SMILES string of the molecule is CCN1CCN(c2nc(Nc3cccc(NC(=O)c4ccc(NC(=O)/C=C/CN(C)C)cc4)c3)nc3ccsc23)CC1.CN(C)C/C=C/C(=O)Nc1ccc(C(=O)Nc2cccc(Nc3nc(-c4cc5ccccc5[nH]4)c4sccc4n3)c2)cc1.CN(C)C/C=C/C(=O)Nc1ccc(C(=O)Nc2cccc(Nc3nc(-c4cccnc4)c4sccc4n3)c2)cc1. The molecule has 7 aromatic carbocycles. The Morgan fingerprint density at radius 2 is 0.800 bits per heavy atom. The molecule has 0 unspecified atom stereocenters. The summed E-state index contributed by atoms with van der Waals surface area (Å²) >= 11 is 4.85. The minimum Gasteiger partial charge on any atom is -0.353 e. The summed E-state index contributed by atoms with van der Waals surface area (Å²) in [6.07, 6.45) is 13.4. The number of pyridine rings is 1. The molecule has 1 fully saturated rings. The van der Waals surface area contributed by atoms with Crippen LogP contribution < -0.4 is 52.8 Å². The van der Waals surface area contributed by atoms with E-state index in [1.54, 1.807) is 137 Å². The third-order valence-electron chi connectivity index (χ3n) is 19.3. The van der Waals surface area contributed by atoms with Crippen LogP contribution in [0.4, 0.5) is 74.8 Å². The van der Waals surface area contributed by atoms with Gasteiger partial charge in [-0.25, -0.2) is 24.9 Å². The van der Waals surface area contributed by atoms with E-state index < -0.39 is 0 Å². The Hall–Kier alpha value is -14.6. The zero-order chi connectivity index (χ0) is 87.1. The first-order chi connectivity index (χ1) is 60.7. The predicted molar refractivity (Wildman–Crippen MR) is 508 cm³/mol. The smallest absolute Gasteiger partial charge is 0.255 e. The van der Waals surface area contributed by atoms with Crippen molar-refractivity contribution in [1.29, 1.82) is 0 Å². The third-order valence-corrected chi connectivity index (χ3v) is 22.0. The van der Waals surface area contributed by atoms with Crippen molar-refractivity contribution in [2.45, 2.75) is 6.92 Å². The monoisotopic (exact) mass is 1720 g/mol. The molecule has 0 saturated carbocycles. The Balaban J connectivity index is 0.000000152. The second-order valence-corrected chi connectivity index (χ2v) is 32.4. The molecule has 0 bridgehead atoms. The molecule has 0 spiro atoms. The molecule has 0 atom stereocenters. The average molecular weight is 1720 g/mol. The highest BCUT2D eigenvalue weighted by Crippen LogP contribution is 2.37. The van der Waals surface area contributed by atoms with Gasteiger partial charge >= 0.3 is 0 Å². The van der Waals surface area contributed by atoms with Gasteiger partial charge in [-0.15, -0.1) is 34.0 Å². The fourth-order valence-electron chi connectivity index (χ4n) is 13.1. The first-order valence-electron chi connectivity index (χ1n) is 40.2. The molecule has 28 nitrogen and oxygen atoms in total. The topological polar surface area (TPSA) is 333 Å². The molecular weight excluding hydrogens is 1630 g/mol. The van der Waals surface area contributed by atoms with Crippen LogP contribution in [0.2, 0.25) is 0 Å². The van der Waals surface area contributed by atoms with E-state index in [9.17, 15) is 28.8 Å². The number of rotatable bonds is 28. The standard InChI is InChI=1S/C33H29N7O2S.C31H36N8O2S.C30H27N7O2S/c1-40(2)17-6-11-29(41)34-23-14-12-21(13-15-23)32(42)35-24-8-5-9-25(20-24)36-33-38-27-16-18-43-31(27)30(39-33)28-19-22-7-3-4-10-26(22)37-28;1-4-38-16-18-39(19-17-38)29-28-26(14-20-42-28)35-31(36-29)34-25-8-5-7-24(21-25)33-30(41)22-10-12-23(13-11-22)32-27(40)9-6-15-37(2)3;1-37(2)16-5-9-26(38)32-22-12-10-20(11-13-22)29(39)33-23-7-3-8-24(18-23)34-30-35-25-14-17-40-28(25)27(36-30)21-6-4-15-31-19-21/h3-16,18-20,37H,17H2,1-2H3,(H,34,41)(H,35,42)(H,36,38,39);5-14,20-21H,4,15-19H2,1-3H3,(H,32,40)(H,33,41)(H,34,35,36);3-15,17-19H,16H2,1-2H3,(H,32,38)(H,33,39)(H,34,35,36)/b11-6+;9-6+;9-5+. The van der Waals surface area contributed by atoms with E-state index in [0.29, 0.717) is 88.3 Å². The quantitative estimate of drug-likeness (QED) is 0.0204. The predicted octanol–water partition coefficient (Wildman–Crippen LogP) is 17.6. The maximum atomic E-state index is 13.0. The van der Waals surface area contributed by atoms with Crippen LogP contribution in [0.1, 0.15) is 38.0 Å². The molecule has 1 aliphatic rings.